The van der Waals surface area contributed by atoms with Crippen LogP contribution in [0.25, 0.3) is 0 Å². The number of carboxylic acids is 1. The zero-order valence-electron chi connectivity index (χ0n) is 12.5. The van der Waals surface area contributed by atoms with Crippen LogP contribution in [0.2, 0.25) is 0 Å². The van der Waals surface area contributed by atoms with Gasteiger partial charge in [0, 0.05) is 11.4 Å². The van der Waals surface area contributed by atoms with Gasteiger partial charge in [0.15, 0.2) is 0 Å². The highest BCUT2D eigenvalue weighted by Crippen LogP contribution is 2.32. The highest BCUT2D eigenvalue weighted by atomic mass is 32.1. The van der Waals surface area contributed by atoms with Crippen molar-refractivity contribution in [2.24, 2.45) is 0 Å². The van der Waals surface area contributed by atoms with Crippen molar-refractivity contribution in [2.75, 3.05) is 6.54 Å². The summed E-state index contributed by atoms with van der Waals surface area (Å²) in [5.74, 6) is -0.900. The monoisotopic (exact) mass is 310 g/mol. The molecule has 1 aromatic heterocycles. The van der Waals surface area contributed by atoms with Crippen LogP contribution in [0.15, 0.2) is 11.4 Å². The number of aryl methyl sites for hydroxylation is 1. The van der Waals surface area contributed by atoms with E-state index in [9.17, 15) is 14.7 Å². The van der Waals surface area contributed by atoms with Crippen molar-refractivity contribution in [3.63, 3.8) is 0 Å². The van der Waals surface area contributed by atoms with Gasteiger partial charge < -0.3 is 15.3 Å². The average molecular weight is 310 g/mol. The molecule has 0 saturated carbocycles. The van der Waals surface area contributed by atoms with E-state index in [1.807, 2.05) is 12.3 Å². The van der Waals surface area contributed by atoms with Crippen molar-refractivity contribution in [1.29, 1.82) is 0 Å². The van der Waals surface area contributed by atoms with Crippen molar-refractivity contribution >= 4 is 23.3 Å². The molecule has 2 amide bonds. The fraction of sp³-hybridized carbons (Fsp3) is 0.600. The maximum atomic E-state index is 12.4. The minimum absolute atomic E-state index is 0.271. The predicted octanol–water partition coefficient (Wildman–Crippen LogP) is 2.85. The number of thiophene rings is 1. The molecule has 0 spiro atoms. The van der Waals surface area contributed by atoms with E-state index in [-0.39, 0.29) is 6.03 Å². The zero-order valence-corrected chi connectivity index (χ0v) is 13.3. The molecule has 1 aliphatic rings. The summed E-state index contributed by atoms with van der Waals surface area (Å²) >= 11 is 1.62. The molecule has 0 radical (unpaired) electrons. The first-order valence-electron chi connectivity index (χ1n) is 7.39. The number of carboxylic acid groups (broad SMARTS) is 1. The van der Waals surface area contributed by atoms with E-state index in [2.05, 4.69) is 18.3 Å². The molecule has 6 heteroatoms. The lowest BCUT2D eigenvalue weighted by Gasteiger charge is -2.33. The molecular formula is C15H22N2O3S. The first-order chi connectivity index (χ1) is 10.0. The highest BCUT2D eigenvalue weighted by molar-refractivity contribution is 7.10. The van der Waals surface area contributed by atoms with Crippen molar-refractivity contribution in [3.8, 4) is 0 Å². The maximum absolute atomic E-state index is 12.4. The van der Waals surface area contributed by atoms with E-state index in [4.69, 9.17) is 0 Å². The normalized spacial score (nSPS) is 21.5. The van der Waals surface area contributed by atoms with E-state index >= 15 is 0 Å². The van der Waals surface area contributed by atoms with Gasteiger partial charge in [0.2, 0.25) is 0 Å². The fourth-order valence-electron chi connectivity index (χ4n) is 3.00. The molecule has 1 saturated heterocycles. The van der Waals surface area contributed by atoms with Crippen LogP contribution >= 0.6 is 11.3 Å². The molecule has 0 aromatic carbocycles. The van der Waals surface area contributed by atoms with E-state index in [0.29, 0.717) is 25.9 Å². The van der Waals surface area contributed by atoms with Crippen LogP contribution in [0.5, 0.6) is 0 Å². The van der Waals surface area contributed by atoms with Gasteiger partial charge in [-0.05, 0) is 42.7 Å². The quantitative estimate of drug-likeness (QED) is 0.878. The minimum Gasteiger partial charge on any atom is -0.479 e. The van der Waals surface area contributed by atoms with Crippen molar-refractivity contribution in [1.82, 2.24) is 10.2 Å². The van der Waals surface area contributed by atoms with E-state index in [0.717, 1.165) is 17.7 Å². The Hall–Kier alpha value is -1.56. The van der Waals surface area contributed by atoms with E-state index < -0.39 is 11.5 Å². The van der Waals surface area contributed by atoms with E-state index in [1.165, 1.54) is 10.5 Å². The number of nitrogens with zero attached hydrogens (tertiary/aromatic N) is 1. The summed E-state index contributed by atoms with van der Waals surface area (Å²) < 4.78 is 0. The van der Waals surface area contributed by atoms with Gasteiger partial charge in [-0.2, -0.15) is 0 Å². The topological polar surface area (TPSA) is 69.6 Å². The summed E-state index contributed by atoms with van der Waals surface area (Å²) in [4.78, 5) is 26.6. The van der Waals surface area contributed by atoms with Gasteiger partial charge in [0.25, 0.3) is 0 Å². The Labute approximate surface area is 129 Å². The number of hydrogen-bond donors (Lipinski definition) is 2. The van der Waals surface area contributed by atoms with Crippen LogP contribution in [0.3, 0.4) is 0 Å². The molecule has 0 bridgehead atoms. The lowest BCUT2D eigenvalue weighted by atomic mass is 9.93. The molecule has 0 aliphatic carbocycles. The molecule has 116 valence electrons. The second-order valence-electron chi connectivity index (χ2n) is 5.33. The summed E-state index contributed by atoms with van der Waals surface area (Å²) in [5, 5.41) is 14.4. The molecule has 1 aromatic rings. The zero-order chi connectivity index (χ0) is 15.5. The first kappa shape index (κ1) is 15.8. The number of amides is 2. The first-order valence-corrected chi connectivity index (χ1v) is 8.27. The van der Waals surface area contributed by atoms with Crippen molar-refractivity contribution in [3.05, 3.63) is 21.9 Å². The van der Waals surface area contributed by atoms with Crippen molar-refractivity contribution < 1.29 is 14.7 Å². The lowest BCUT2D eigenvalue weighted by molar-refractivity contribution is -0.148. The van der Waals surface area contributed by atoms with Crippen LogP contribution in [0, 0.1) is 0 Å². The van der Waals surface area contributed by atoms with Gasteiger partial charge in [0.05, 0.1) is 6.54 Å². The number of likely N-dealkylation sites (tertiary alicyclic amines) is 1. The number of nitrogens with one attached hydrogen (secondary N) is 1. The van der Waals surface area contributed by atoms with Gasteiger partial charge in [-0.1, -0.05) is 13.8 Å². The Morgan fingerprint density at radius 1 is 1.48 bits per heavy atom. The third-order valence-corrected chi connectivity index (χ3v) is 5.30. The van der Waals surface area contributed by atoms with E-state index in [1.54, 1.807) is 11.3 Å². The number of urea groups is 1. The number of rotatable bonds is 5. The van der Waals surface area contributed by atoms with Crippen LogP contribution < -0.4 is 5.32 Å². The molecule has 5 nitrogen and oxygen atoms in total. The Balaban J connectivity index is 2.04. The second-order valence-corrected chi connectivity index (χ2v) is 6.33. The van der Waals surface area contributed by atoms with Gasteiger partial charge >= 0.3 is 12.0 Å². The molecule has 2 N–H and O–H groups in total. The van der Waals surface area contributed by atoms with Crippen LogP contribution in [0.4, 0.5) is 4.79 Å². The Morgan fingerprint density at radius 2 is 2.24 bits per heavy atom. The Bertz CT molecular complexity index is 529. The van der Waals surface area contributed by atoms with Crippen LogP contribution in [-0.2, 0) is 17.8 Å². The molecule has 1 aliphatic heterocycles. The molecule has 1 unspecified atom stereocenters. The summed E-state index contributed by atoms with van der Waals surface area (Å²) in [6.45, 7) is 4.89. The van der Waals surface area contributed by atoms with Gasteiger partial charge in [-0.3, -0.25) is 0 Å². The molecular weight excluding hydrogens is 288 g/mol. The Morgan fingerprint density at radius 3 is 2.86 bits per heavy atom. The molecule has 21 heavy (non-hydrogen) atoms. The average Bonchev–Trinajstić information content (AvgIpc) is 3.11. The SMILES string of the molecule is CCc1ccsc1CNC(=O)N1CCCC1(CC)C(=O)O. The minimum atomic E-state index is -1.03. The summed E-state index contributed by atoms with van der Waals surface area (Å²) in [5.41, 5.74) is 0.203. The smallest absolute Gasteiger partial charge is 0.329 e. The van der Waals surface area contributed by atoms with Crippen LogP contribution in [0.1, 0.15) is 43.6 Å². The summed E-state index contributed by atoms with van der Waals surface area (Å²) in [7, 11) is 0. The maximum Gasteiger partial charge on any atom is 0.329 e. The van der Waals surface area contributed by atoms with Gasteiger partial charge in [-0.25, -0.2) is 9.59 Å². The second kappa shape index (κ2) is 6.47. The van der Waals surface area contributed by atoms with Crippen molar-refractivity contribution in [2.45, 2.75) is 51.6 Å². The number of carbonyl (C=O) groups excluding carboxylic acids is 1. The third-order valence-electron chi connectivity index (χ3n) is 4.34. The highest BCUT2D eigenvalue weighted by Gasteiger charge is 2.48. The predicted molar refractivity (Wildman–Crippen MR) is 82.5 cm³/mol. The molecule has 2 heterocycles. The van der Waals surface area contributed by atoms with Gasteiger partial charge in [-0.15, -0.1) is 11.3 Å². The number of aliphatic carboxylic acids is 1. The largest absolute Gasteiger partial charge is 0.479 e. The molecule has 1 atom stereocenters. The lowest BCUT2D eigenvalue weighted by Crippen LogP contribution is -2.55. The third kappa shape index (κ3) is 2.90. The summed E-state index contributed by atoms with van der Waals surface area (Å²) in [6, 6.07) is 1.79. The van der Waals surface area contributed by atoms with Crippen LogP contribution in [-0.4, -0.2) is 34.1 Å². The molecule has 1 fully saturated rings. The molecule has 2 rings (SSSR count). The fourth-order valence-corrected chi connectivity index (χ4v) is 3.92. The summed E-state index contributed by atoms with van der Waals surface area (Å²) in [6.07, 6.45) is 2.65. The Kier molecular flexibility index (Phi) is 4.88. The number of carbonyl (C=O) groups is 2. The standard InChI is InChI=1S/C15H22N2O3S/c1-3-11-6-9-21-12(11)10-16-14(20)17-8-5-7-15(17,4-2)13(18)19/h6,9H,3-5,7-8,10H2,1-2H3,(H,16,20)(H,18,19). The van der Waals surface area contributed by atoms with Gasteiger partial charge in [0.1, 0.15) is 5.54 Å². The number of hydrogen-bond acceptors (Lipinski definition) is 3.